The Morgan fingerprint density at radius 3 is 2.86 bits per heavy atom. The summed E-state index contributed by atoms with van der Waals surface area (Å²) >= 11 is 1.66. The van der Waals surface area contributed by atoms with Gasteiger partial charge >= 0.3 is 0 Å². The summed E-state index contributed by atoms with van der Waals surface area (Å²) in [5.41, 5.74) is 2.11. The molecule has 0 radical (unpaired) electrons. The maximum atomic E-state index is 4.39. The Morgan fingerprint density at radius 2 is 2.00 bits per heavy atom. The van der Waals surface area contributed by atoms with Gasteiger partial charge in [0.1, 0.15) is 10.0 Å². The van der Waals surface area contributed by atoms with Crippen molar-refractivity contribution in [2.75, 3.05) is 6.54 Å². The number of aromatic nitrogens is 3. The van der Waals surface area contributed by atoms with Gasteiger partial charge in [-0.1, -0.05) is 43.4 Å². The molecule has 0 saturated heterocycles. The van der Waals surface area contributed by atoms with E-state index in [2.05, 4.69) is 40.4 Å². The fourth-order valence-electron chi connectivity index (χ4n) is 2.21. The molecule has 108 valence electrons. The zero-order chi connectivity index (χ0) is 14.7. The van der Waals surface area contributed by atoms with Crippen LogP contribution in [0.1, 0.15) is 18.9 Å². The Balaban J connectivity index is 1.85. The number of benzene rings is 1. The molecule has 0 atom stereocenters. The highest BCUT2D eigenvalue weighted by Crippen LogP contribution is 2.29. The first-order valence-corrected chi connectivity index (χ1v) is 7.95. The van der Waals surface area contributed by atoms with Gasteiger partial charge in [-0.25, -0.2) is 0 Å². The molecule has 0 aliphatic carbocycles. The highest BCUT2D eigenvalue weighted by atomic mass is 32.1. The van der Waals surface area contributed by atoms with Gasteiger partial charge in [0.15, 0.2) is 0 Å². The molecule has 0 bridgehead atoms. The van der Waals surface area contributed by atoms with Crippen molar-refractivity contribution in [1.29, 1.82) is 0 Å². The molecular weight excluding hydrogens is 280 g/mol. The molecule has 5 heteroatoms. The summed E-state index contributed by atoms with van der Waals surface area (Å²) in [5.74, 6) is 0. The van der Waals surface area contributed by atoms with Gasteiger partial charge in [-0.15, -0.1) is 10.2 Å². The van der Waals surface area contributed by atoms with E-state index in [1.54, 1.807) is 11.3 Å². The monoisotopic (exact) mass is 298 g/mol. The number of hydrogen-bond donors (Lipinski definition) is 1. The molecule has 0 saturated carbocycles. The number of hydrogen-bond acceptors (Lipinski definition) is 5. The van der Waals surface area contributed by atoms with Crippen LogP contribution in [0.2, 0.25) is 0 Å². The number of fused-ring (bicyclic) bond motifs is 1. The molecule has 0 fully saturated rings. The van der Waals surface area contributed by atoms with Crippen molar-refractivity contribution < 1.29 is 0 Å². The van der Waals surface area contributed by atoms with Crippen LogP contribution < -0.4 is 5.32 Å². The highest BCUT2D eigenvalue weighted by molar-refractivity contribution is 7.14. The number of nitrogens with zero attached hydrogens (tertiary/aromatic N) is 3. The van der Waals surface area contributed by atoms with E-state index in [-0.39, 0.29) is 0 Å². The van der Waals surface area contributed by atoms with Crippen LogP contribution in [0, 0.1) is 0 Å². The zero-order valence-corrected chi connectivity index (χ0v) is 13.0. The average molecular weight is 298 g/mol. The van der Waals surface area contributed by atoms with Crippen molar-refractivity contribution in [1.82, 2.24) is 20.5 Å². The second kappa shape index (κ2) is 6.28. The Bertz CT molecular complexity index is 730. The average Bonchev–Trinajstić information content (AvgIpc) is 2.95. The summed E-state index contributed by atoms with van der Waals surface area (Å²) in [6, 6.07) is 10.6. The van der Waals surface area contributed by atoms with Gasteiger partial charge in [0.2, 0.25) is 0 Å². The van der Waals surface area contributed by atoms with Crippen molar-refractivity contribution in [3.63, 3.8) is 0 Å². The molecule has 0 amide bonds. The third-order valence-electron chi connectivity index (χ3n) is 3.24. The number of rotatable bonds is 5. The molecule has 0 aliphatic heterocycles. The van der Waals surface area contributed by atoms with E-state index in [0.717, 1.165) is 39.4 Å². The van der Waals surface area contributed by atoms with E-state index in [1.807, 2.05) is 30.5 Å². The van der Waals surface area contributed by atoms with E-state index in [4.69, 9.17) is 0 Å². The van der Waals surface area contributed by atoms with Crippen molar-refractivity contribution in [2.45, 2.75) is 26.3 Å². The van der Waals surface area contributed by atoms with E-state index in [9.17, 15) is 0 Å². The van der Waals surface area contributed by atoms with Gasteiger partial charge in [0.05, 0.1) is 5.52 Å². The van der Waals surface area contributed by atoms with Crippen LogP contribution in [0.4, 0.5) is 0 Å². The first kappa shape index (κ1) is 14.1. The molecule has 0 spiro atoms. The Kier molecular flexibility index (Phi) is 4.22. The minimum atomic E-state index is 0.501. The molecule has 3 aromatic rings. The van der Waals surface area contributed by atoms with Crippen LogP contribution in [0.5, 0.6) is 0 Å². The molecule has 21 heavy (non-hydrogen) atoms. The van der Waals surface area contributed by atoms with E-state index >= 15 is 0 Å². The normalized spacial score (nSPS) is 11.4. The third kappa shape index (κ3) is 3.25. The molecule has 1 aromatic carbocycles. The predicted molar refractivity (Wildman–Crippen MR) is 87.5 cm³/mol. The maximum Gasteiger partial charge on any atom is 0.148 e. The number of pyridine rings is 1. The third-order valence-corrected chi connectivity index (χ3v) is 4.25. The van der Waals surface area contributed by atoms with Crippen LogP contribution in [-0.4, -0.2) is 27.8 Å². The molecule has 4 nitrogen and oxygen atoms in total. The smallest absolute Gasteiger partial charge is 0.148 e. The summed E-state index contributed by atoms with van der Waals surface area (Å²) < 4.78 is 0. The summed E-state index contributed by atoms with van der Waals surface area (Å²) in [6.07, 6.45) is 2.75. The first-order valence-electron chi connectivity index (χ1n) is 7.14. The fourth-order valence-corrected chi connectivity index (χ4v) is 3.09. The van der Waals surface area contributed by atoms with Crippen molar-refractivity contribution in [3.05, 3.63) is 41.5 Å². The summed E-state index contributed by atoms with van der Waals surface area (Å²) in [7, 11) is 0. The van der Waals surface area contributed by atoms with Crippen LogP contribution in [0.15, 0.2) is 36.5 Å². The van der Waals surface area contributed by atoms with Crippen LogP contribution in [0.3, 0.4) is 0 Å². The minimum absolute atomic E-state index is 0.501. The zero-order valence-electron chi connectivity index (χ0n) is 12.2. The van der Waals surface area contributed by atoms with Crippen LogP contribution in [-0.2, 0) is 6.42 Å². The summed E-state index contributed by atoms with van der Waals surface area (Å²) in [5, 5.41) is 15.2. The second-order valence-corrected chi connectivity index (χ2v) is 6.30. The van der Waals surface area contributed by atoms with Gasteiger partial charge in [-0.2, -0.15) is 0 Å². The van der Waals surface area contributed by atoms with Gasteiger partial charge in [0, 0.05) is 36.2 Å². The van der Waals surface area contributed by atoms with E-state index in [0.29, 0.717) is 6.04 Å². The minimum Gasteiger partial charge on any atom is -0.314 e. The maximum absolute atomic E-state index is 4.39. The Labute approximate surface area is 128 Å². The first-order chi connectivity index (χ1) is 10.2. The number of nitrogens with one attached hydrogen (secondary N) is 1. The Morgan fingerprint density at radius 1 is 1.14 bits per heavy atom. The lowest BCUT2D eigenvalue weighted by atomic mass is 10.1. The largest absolute Gasteiger partial charge is 0.314 e. The van der Waals surface area contributed by atoms with Gasteiger partial charge in [-0.3, -0.25) is 4.98 Å². The van der Waals surface area contributed by atoms with Crippen molar-refractivity contribution >= 4 is 22.2 Å². The van der Waals surface area contributed by atoms with Gasteiger partial charge < -0.3 is 5.32 Å². The fraction of sp³-hybridized carbons (Fsp3) is 0.312. The molecule has 1 N–H and O–H groups in total. The van der Waals surface area contributed by atoms with Gasteiger partial charge in [0.25, 0.3) is 0 Å². The van der Waals surface area contributed by atoms with E-state index < -0.39 is 0 Å². The summed E-state index contributed by atoms with van der Waals surface area (Å²) in [4.78, 5) is 4.39. The second-order valence-electron chi connectivity index (χ2n) is 5.24. The van der Waals surface area contributed by atoms with Crippen molar-refractivity contribution in [3.8, 4) is 10.6 Å². The molecule has 0 unspecified atom stereocenters. The quantitative estimate of drug-likeness (QED) is 0.785. The standard InChI is InChI=1S/C16H18N4S/c1-11(2)17-10-8-15-19-20-16(21-15)13-7-9-18-14-6-4-3-5-12(13)14/h3-7,9,11,17H,8,10H2,1-2H3. The lowest BCUT2D eigenvalue weighted by Crippen LogP contribution is -2.24. The predicted octanol–water partition coefficient (Wildman–Crippen LogP) is 3.29. The topological polar surface area (TPSA) is 50.7 Å². The highest BCUT2D eigenvalue weighted by Gasteiger charge is 2.10. The van der Waals surface area contributed by atoms with E-state index in [1.165, 1.54) is 0 Å². The van der Waals surface area contributed by atoms with Gasteiger partial charge in [-0.05, 0) is 12.1 Å². The number of para-hydroxylation sites is 1. The lowest BCUT2D eigenvalue weighted by molar-refractivity contribution is 0.588. The SMILES string of the molecule is CC(C)NCCc1nnc(-c2ccnc3ccccc23)s1. The molecule has 0 aliphatic rings. The van der Waals surface area contributed by atoms with Crippen molar-refractivity contribution in [2.24, 2.45) is 0 Å². The molecule has 2 aromatic heterocycles. The molecule has 3 rings (SSSR count). The lowest BCUT2D eigenvalue weighted by Gasteiger charge is -2.05. The Hall–Kier alpha value is -1.85. The summed E-state index contributed by atoms with van der Waals surface area (Å²) in [6.45, 7) is 5.23. The molecular formula is C16H18N4S. The molecule has 2 heterocycles. The van der Waals surface area contributed by atoms with Crippen LogP contribution in [0.25, 0.3) is 21.5 Å². The van der Waals surface area contributed by atoms with Crippen LogP contribution >= 0.6 is 11.3 Å².